The molecule has 0 atom stereocenters. The van der Waals surface area contributed by atoms with Crippen LogP contribution >= 0.6 is 0 Å². The van der Waals surface area contributed by atoms with Crippen molar-refractivity contribution in [3.63, 3.8) is 0 Å². The van der Waals surface area contributed by atoms with Crippen LogP contribution in [0.3, 0.4) is 0 Å². The number of aliphatic hydroxyl groups excluding tert-OH is 1. The summed E-state index contributed by atoms with van der Waals surface area (Å²) in [6, 6.07) is 4.15. The van der Waals surface area contributed by atoms with Gasteiger partial charge in [-0.15, -0.1) is 0 Å². The summed E-state index contributed by atoms with van der Waals surface area (Å²) in [5.41, 5.74) is 0.328. The number of hydrogen-bond donors (Lipinski definition) is 1. The van der Waals surface area contributed by atoms with E-state index < -0.39 is 11.6 Å². The molecule has 17 heavy (non-hydrogen) atoms. The molecule has 3 nitrogen and oxygen atoms in total. The van der Waals surface area contributed by atoms with Crippen molar-refractivity contribution in [2.24, 2.45) is 0 Å². The minimum absolute atomic E-state index is 0.0117. The van der Waals surface area contributed by atoms with Gasteiger partial charge in [0.15, 0.2) is 11.6 Å². The molecule has 0 aromatic heterocycles. The van der Waals surface area contributed by atoms with Crippen LogP contribution < -0.4 is 0 Å². The number of benzene rings is 1. The first-order valence-electron chi connectivity index (χ1n) is 5.45. The van der Waals surface area contributed by atoms with Gasteiger partial charge in [-0.05, 0) is 13.1 Å². The van der Waals surface area contributed by atoms with Crippen molar-refractivity contribution in [3.8, 4) is 0 Å². The molecule has 0 bridgehead atoms. The third-order valence-corrected chi connectivity index (χ3v) is 2.32. The van der Waals surface area contributed by atoms with Crippen LogP contribution in [0.5, 0.6) is 0 Å². The van der Waals surface area contributed by atoms with E-state index in [0.717, 1.165) is 6.07 Å². The van der Waals surface area contributed by atoms with Gasteiger partial charge in [0.05, 0.1) is 19.8 Å². The molecule has 5 heteroatoms. The Morgan fingerprint density at radius 2 is 2.06 bits per heavy atom. The number of likely N-dealkylation sites (N-methyl/N-ethyl adjacent to an activating group) is 1. The second kappa shape index (κ2) is 7.32. The molecule has 96 valence electrons. The highest BCUT2D eigenvalue weighted by Gasteiger charge is 2.09. The fourth-order valence-corrected chi connectivity index (χ4v) is 1.43. The number of aliphatic hydroxyl groups is 1. The van der Waals surface area contributed by atoms with E-state index in [1.807, 2.05) is 4.90 Å². The van der Waals surface area contributed by atoms with Gasteiger partial charge in [-0.3, -0.25) is 4.90 Å². The van der Waals surface area contributed by atoms with Crippen molar-refractivity contribution in [2.45, 2.75) is 6.54 Å². The predicted octanol–water partition coefficient (Wildman–Crippen LogP) is 1.41. The lowest BCUT2D eigenvalue weighted by Crippen LogP contribution is -2.24. The lowest BCUT2D eigenvalue weighted by molar-refractivity contribution is 0.0771. The summed E-state index contributed by atoms with van der Waals surface area (Å²) in [6.45, 7) is 1.65. The number of ether oxygens (including phenoxy) is 1. The molecule has 0 heterocycles. The standard InChI is InChI=1S/C12H17F2NO2/c1-15(5-7-17-8-6-16)9-10-3-2-4-11(13)12(10)14/h2-4,16H,5-9H2,1H3. The molecule has 1 N–H and O–H groups in total. The Balaban J connectivity index is 2.39. The third-order valence-electron chi connectivity index (χ3n) is 2.32. The Hall–Kier alpha value is -1.04. The molecule has 1 rings (SSSR count). The molecule has 0 saturated heterocycles. The van der Waals surface area contributed by atoms with E-state index in [-0.39, 0.29) is 6.61 Å². The lowest BCUT2D eigenvalue weighted by Gasteiger charge is -2.17. The molecule has 0 fully saturated rings. The molecule has 0 amide bonds. The Morgan fingerprint density at radius 3 is 2.76 bits per heavy atom. The van der Waals surface area contributed by atoms with Gasteiger partial charge in [-0.25, -0.2) is 8.78 Å². The van der Waals surface area contributed by atoms with Crippen molar-refractivity contribution >= 4 is 0 Å². The van der Waals surface area contributed by atoms with Crippen LogP contribution in [0.4, 0.5) is 8.78 Å². The van der Waals surface area contributed by atoms with Gasteiger partial charge in [0.1, 0.15) is 0 Å². The highest BCUT2D eigenvalue weighted by atomic mass is 19.2. The Kier molecular flexibility index (Phi) is 6.04. The van der Waals surface area contributed by atoms with Crippen LogP contribution in [0.1, 0.15) is 5.56 Å². The molecule has 0 saturated carbocycles. The van der Waals surface area contributed by atoms with Gasteiger partial charge in [-0.1, -0.05) is 12.1 Å². The van der Waals surface area contributed by atoms with Gasteiger partial charge >= 0.3 is 0 Å². The summed E-state index contributed by atoms with van der Waals surface area (Å²) in [5, 5.41) is 8.50. The Bertz CT molecular complexity index is 347. The van der Waals surface area contributed by atoms with Gasteiger partial charge < -0.3 is 9.84 Å². The summed E-state index contributed by atoms with van der Waals surface area (Å²) >= 11 is 0. The molecule has 0 aliphatic rings. The number of hydrogen-bond acceptors (Lipinski definition) is 3. The second-order valence-electron chi connectivity index (χ2n) is 3.79. The van der Waals surface area contributed by atoms with Crippen LogP contribution in [0.2, 0.25) is 0 Å². The first-order valence-corrected chi connectivity index (χ1v) is 5.45. The summed E-state index contributed by atoms with van der Waals surface area (Å²) in [4.78, 5) is 1.83. The largest absolute Gasteiger partial charge is 0.394 e. The van der Waals surface area contributed by atoms with Gasteiger partial charge in [0.25, 0.3) is 0 Å². The first-order chi connectivity index (χ1) is 8.15. The average molecular weight is 245 g/mol. The van der Waals surface area contributed by atoms with Gasteiger partial charge in [0.2, 0.25) is 0 Å². The molecule has 1 aromatic carbocycles. The van der Waals surface area contributed by atoms with Crippen molar-refractivity contribution in [3.05, 3.63) is 35.4 Å². The zero-order chi connectivity index (χ0) is 12.7. The van der Waals surface area contributed by atoms with Crippen molar-refractivity contribution in [1.82, 2.24) is 4.90 Å². The molecule has 1 aromatic rings. The summed E-state index contributed by atoms with van der Waals surface area (Å²) in [7, 11) is 1.80. The smallest absolute Gasteiger partial charge is 0.163 e. The molecule has 0 aliphatic carbocycles. The van der Waals surface area contributed by atoms with E-state index in [1.165, 1.54) is 6.07 Å². The molecule has 0 unspecified atom stereocenters. The first kappa shape index (κ1) is 14.0. The van der Waals surface area contributed by atoms with E-state index in [0.29, 0.717) is 31.9 Å². The van der Waals surface area contributed by atoms with Crippen LogP contribution in [0, 0.1) is 11.6 Å². The van der Waals surface area contributed by atoms with Crippen molar-refractivity contribution < 1.29 is 18.6 Å². The Morgan fingerprint density at radius 1 is 1.29 bits per heavy atom. The van der Waals surface area contributed by atoms with E-state index in [1.54, 1.807) is 13.1 Å². The van der Waals surface area contributed by atoms with Crippen LogP contribution in [-0.2, 0) is 11.3 Å². The SMILES string of the molecule is CN(CCOCCO)Cc1cccc(F)c1F. The Labute approximate surface area is 99.6 Å². The maximum absolute atomic E-state index is 13.3. The van der Waals surface area contributed by atoms with E-state index in [9.17, 15) is 8.78 Å². The zero-order valence-electron chi connectivity index (χ0n) is 9.83. The fourth-order valence-electron chi connectivity index (χ4n) is 1.43. The molecular formula is C12H17F2NO2. The summed E-state index contributed by atoms with van der Waals surface area (Å²) in [5.74, 6) is -1.62. The molecule has 0 radical (unpaired) electrons. The normalized spacial score (nSPS) is 11.1. The third kappa shape index (κ3) is 4.77. The van der Waals surface area contributed by atoms with Crippen molar-refractivity contribution in [1.29, 1.82) is 0 Å². The number of halogens is 2. The topological polar surface area (TPSA) is 32.7 Å². The van der Waals surface area contributed by atoms with Crippen molar-refractivity contribution in [2.75, 3.05) is 33.4 Å². The minimum atomic E-state index is -0.826. The van der Waals surface area contributed by atoms with E-state index in [2.05, 4.69) is 0 Å². The summed E-state index contributed by atoms with van der Waals surface area (Å²) in [6.07, 6.45) is 0. The molecule has 0 spiro atoms. The monoisotopic (exact) mass is 245 g/mol. The quantitative estimate of drug-likeness (QED) is 0.737. The highest BCUT2D eigenvalue weighted by Crippen LogP contribution is 2.12. The zero-order valence-corrected chi connectivity index (χ0v) is 9.83. The van der Waals surface area contributed by atoms with Crippen LogP contribution in [0.15, 0.2) is 18.2 Å². The minimum Gasteiger partial charge on any atom is -0.394 e. The lowest BCUT2D eigenvalue weighted by atomic mass is 10.2. The molecular weight excluding hydrogens is 228 g/mol. The highest BCUT2D eigenvalue weighted by molar-refractivity contribution is 5.18. The molecule has 0 aliphatic heterocycles. The average Bonchev–Trinajstić information content (AvgIpc) is 2.31. The van der Waals surface area contributed by atoms with E-state index >= 15 is 0 Å². The maximum Gasteiger partial charge on any atom is 0.163 e. The fraction of sp³-hybridized carbons (Fsp3) is 0.500. The number of nitrogens with zero attached hydrogens (tertiary/aromatic N) is 1. The summed E-state index contributed by atoms with van der Waals surface area (Å²) < 4.78 is 31.4. The van der Waals surface area contributed by atoms with Gasteiger partial charge in [-0.2, -0.15) is 0 Å². The number of rotatable bonds is 7. The van der Waals surface area contributed by atoms with Gasteiger partial charge in [0, 0.05) is 18.7 Å². The van der Waals surface area contributed by atoms with Crippen LogP contribution in [0.25, 0.3) is 0 Å². The van der Waals surface area contributed by atoms with Crippen LogP contribution in [-0.4, -0.2) is 43.4 Å². The second-order valence-corrected chi connectivity index (χ2v) is 3.79. The maximum atomic E-state index is 13.3. The van der Waals surface area contributed by atoms with E-state index in [4.69, 9.17) is 9.84 Å². The predicted molar refractivity (Wildman–Crippen MR) is 60.6 cm³/mol.